The molecule has 2 saturated heterocycles. The van der Waals surface area contributed by atoms with Crippen LogP contribution in [0.4, 0.5) is 0 Å². The lowest BCUT2D eigenvalue weighted by molar-refractivity contribution is 0.168. The van der Waals surface area contributed by atoms with Crippen LogP contribution in [0, 0.1) is 5.92 Å². The summed E-state index contributed by atoms with van der Waals surface area (Å²) in [4.78, 5) is 6.92. The van der Waals surface area contributed by atoms with Crippen molar-refractivity contribution in [2.24, 2.45) is 11.7 Å². The summed E-state index contributed by atoms with van der Waals surface area (Å²) < 4.78 is 0. The zero-order chi connectivity index (χ0) is 9.60. The number of hydrogen-bond donors (Lipinski definition) is 1. The summed E-state index contributed by atoms with van der Waals surface area (Å²) in [5.74, 6) is 0.627. The van der Waals surface area contributed by atoms with Crippen LogP contribution in [0.15, 0.2) is 11.6 Å². The third-order valence-electron chi connectivity index (χ3n) is 3.67. The molecule has 0 amide bonds. The van der Waals surface area contributed by atoms with Crippen molar-refractivity contribution in [1.29, 1.82) is 0 Å². The highest BCUT2D eigenvalue weighted by Gasteiger charge is 2.45. The van der Waals surface area contributed by atoms with E-state index in [4.69, 9.17) is 5.73 Å². The molecule has 3 rings (SSSR count). The van der Waals surface area contributed by atoms with Crippen molar-refractivity contribution < 1.29 is 0 Å². The Morgan fingerprint density at radius 3 is 3.29 bits per heavy atom. The topological polar surface area (TPSA) is 42.1 Å². The Morgan fingerprint density at radius 1 is 1.57 bits per heavy atom. The quantitative estimate of drug-likeness (QED) is 0.751. The number of aromatic nitrogens is 1. The van der Waals surface area contributed by atoms with E-state index in [-0.39, 0.29) is 5.54 Å². The molecule has 0 radical (unpaired) electrons. The zero-order valence-corrected chi connectivity index (χ0v) is 8.96. The second-order valence-corrected chi connectivity index (χ2v) is 5.31. The van der Waals surface area contributed by atoms with E-state index in [0.717, 1.165) is 18.0 Å². The fraction of sp³-hybridized carbons (Fsp3) is 0.700. The number of thiazole rings is 1. The van der Waals surface area contributed by atoms with Gasteiger partial charge in [-0.15, -0.1) is 11.3 Å². The van der Waals surface area contributed by atoms with Crippen LogP contribution in [0.5, 0.6) is 0 Å². The summed E-state index contributed by atoms with van der Waals surface area (Å²) in [5, 5.41) is 3.18. The van der Waals surface area contributed by atoms with Crippen LogP contribution < -0.4 is 5.73 Å². The van der Waals surface area contributed by atoms with Crippen molar-refractivity contribution in [2.45, 2.75) is 18.4 Å². The van der Waals surface area contributed by atoms with E-state index in [1.54, 1.807) is 11.3 Å². The Morgan fingerprint density at radius 2 is 2.50 bits per heavy atom. The number of fused-ring (bicyclic) bond motifs is 2. The minimum absolute atomic E-state index is 0.124. The summed E-state index contributed by atoms with van der Waals surface area (Å²) in [6, 6.07) is 0. The average molecular weight is 209 g/mol. The monoisotopic (exact) mass is 209 g/mol. The van der Waals surface area contributed by atoms with Crippen LogP contribution in [0.1, 0.15) is 17.8 Å². The molecule has 2 N–H and O–H groups in total. The highest BCUT2D eigenvalue weighted by molar-refractivity contribution is 7.09. The molecule has 3 nitrogen and oxygen atoms in total. The van der Waals surface area contributed by atoms with Gasteiger partial charge < -0.3 is 10.6 Å². The molecule has 2 aliphatic rings. The lowest BCUT2D eigenvalue weighted by atomic mass is 9.80. The van der Waals surface area contributed by atoms with Gasteiger partial charge in [0.2, 0.25) is 0 Å². The van der Waals surface area contributed by atoms with Crippen LogP contribution in [0.25, 0.3) is 0 Å². The number of nitrogens with zero attached hydrogens (tertiary/aromatic N) is 2. The van der Waals surface area contributed by atoms with Crippen molar-refractivity contribution in [3.63, 3.8) is 0 Å². The first-order valence-electron chi connectivity index (χ1n) is 5.20. The van der Waals surface area contributed by atoms with Gasteiger partial charge >= 0.3 is 0 Å². The molecule has 0 aromatic carbocycles. The van der Waals surface area contributed by atoms with Gasteiger partial charge in [0.1, 0.15) is 5.01 Å². The van der Waals surface area contributed by atoms with E-state index in [0.29, 0.717) is 5.92 Å². The van der Waals surface area contributed by atoms with E-state index < -0.39 is 0 Å². The summed E-state index contributed by atoms with van der Waals surface area (Å²) >= 11 is 1.71. The first-order valence-corrected chi connectivity index (χ1v) is 6.08. The molecule has 3 heterocycles. The number of rotatable bonds is 1. The second kappa shape index (κ2) is 3.02. The molecule has 76 valence electrons. The van der Waals surface area contributed by atoms with E-state index in [1.165, 1.54) is 19.5 Å². The third kappa shape index (κ3) is 1.14. The molecule has 0 spiro atoms. The van der Waals surface area contributed by atoms with Gasteiger partial charge in [-0.3, -0.25) is 0 Å². The van der Waals surface area contributed by atoms with Crippen molar-refractivity contribution in [3.8, 4) is 0 Å². The van der Waals surface area contributed by atoms with Crippen molar-refractivity contribution >= 4 is 11.3 Å². The molecule has 2 fully saturated rings. The molecule has 2 aliphatic heterocycles. The summed E-state index contributed by atoms with van der Waals surface area (Å²) in [6.07, 6.45) is 4.19. The highest BCUT2D eigenvalue weighted by atomic mass is 32.1. The molecule has 1 aromatic heterocycles. The van der Waals surface area contributed by atoms with Crippen molar-refractivity contribution in [2.75, 3.05) is 19.6 Å². The van der Waals surface area contributed by atoms with Gasteiger partial charge in [0.05, 0.1) is 5.54 Å². The summed E-state index contributed by atoms with van der Waals surface area (Å²) in [5.41, 5.74) is 6.40. The van der Waals surface area contributed by atoms with Gasteiger partial charge in [-0.1, -0.05) is 0 Å². The van der Waals surface area contributed by atoms with Gasteiger partial charge in [0, 0.05) is 24.7 Å². The lowest BCUT2D eigenvalue weighted by Gasteiger charge is -2.38. The minimum Gasteiger partial charge on any atom is -0.319 e. The molecule has 3 atom stereocenters. The van der Waals surface area contributed by atoms with Crippen LogP contribution >= 0.6 is 11.3 Å². The molecule has 0 aliphatic carbocycles. The fourth-order valence-electron chi connectivity index (χ4n) is 2.74. The summed E-state index contributed by atoms with van der Waals surface area (Å²) in [7, 11) is 0. The third-order valence-corrected chi connectivity index (χ3v) is 4.64. The molecular weight excluding hydrogens is 194 g/mol. The average Bonchev–Trinajstić information content (AvgIpc) is 2.84. The molecular formula is C10H15N3S. The van der Waals surface area contributed by atoms with Crippen molar-refractivity contribution in [3.05, 3.63) is 16.6 Å². The molecule has 14 heavy (non-hydrogen) atoms. The van der Waals surface area contributed by atoms with Gasteiger partial charge in [0.25, 0.3) is 0 Å². The maximum atomic E-state index is 6.53. The SMILES string of the molecule is NC1(c2nccs2)CCN2CCC1C2. The first kappa shape index (κ1) is 8.83. The van der Waals surface area contributed by atoms with Crippen LogP contribution in [-0.4, -0.2) is 29.5 Å². The Kier molecular flexibility index (Phi) is 1.90. The number of nitrogens with two attached hydrogens (primary N) is 1. The second-order valence-electron chi connectivity index (χ2n) is 4.41. The largest absolute Gasteiger partial charge is 0.319 e. The van der Waals surface area contributed by atoms with Gasteiger partial charge in [-0.2, -0.15) is 0 Å². The number of hydrogen-bond acceptors (Lipinski definition) is 4. The first-order chi connectivity index (χ1) is 6.79. The van der Waals surface area contributed by atoms with Crippen molar-refractivity contribution in [1.82, 2.24) is 9.88 Å². The number of piperidine rings is 1. The zero-order valence-electron chi connectivity index (χ0n) is 8.15. The molecule has 0 saturated carbocycles. The minimum atomic E-state index is -0.124. The van der Waals surface area contributed by atoms with E-state index >= 15 is 0 Å². The van der Waals surface area contributed by atoms with E-state index in [9.17, 15) is 0 Å². The molecule has 1 aromatic rings. The maximum Gasteiger partial charge on any atom is 0.113 e. The predicted octanol–water partition coefficient (Wildman–Crippen LogP) is 1.02. The smallest absolute Gasteiger partial charge is 0.113 e. The van der Waals surface area contributed by atoms with Crippen LogP contribution in [0.3, 0.4) is 0 Å². The molecule has 4 heteroatoms. The predicted molar refractivity (Wildman–Crippen MR) is 57.1 cm³/mol. The van der Waals surface area contributed by atoms with Crippen LogP contribution in [0.2, 0.25) is 0 Å². The maximum absolute atomic E-state index is 6.53. The Labute approximate surface area is 87.9 Å². The standard InChI is InChI=1S/C10H15N3S/c11-10(9-12-3-6-14-9)2-5-13-4-1-8(10)7-13/h3,6,8H,1-2,4-5,7,11H2. The summed E-state index contributed by atoms with van der Waals surface area (Å²) in [6.45, 7) is 3.55. The molecule has 2 bridgehead atoms. The van der Waals surface area contributed by atoms with E-state index in [1.807, 2.05) is 11.6 Å². The van der Waals surface area contributed by atoms with Gasteiger partial charge in [-0.05, 0) is 25.3 Å². The van der Waals surface area contributed by atoms with E-state index in [2.05, 4.69) is 9.88 Å². The van der Waals surface area contributed by atoms with Gasteiger partial charge in [0.15, 0.2) is 0 Å². The lowest BCUT2D eigenvalue weighted by Crippen LogP contribution is -2.50. The highest BCUT2D eigenvalue weighted by Crippen LogP contribution is 2.41. The fourth-order valence-corrected chi connectivity index (χ4v) is 3.60. The Balaban J connectivity index is 1.95. The van der Waals surface area contributed by atoms with Crippen LogP contribution in [-0.2, 0) is 5.54 Å². The van der Waals surface area contributed by atoms with Gasteiger partial charge in [-0.25, -0.2) is 4.98 Å². The Hall–Kier alpha value is -0.450. The Bertz CT molecular complexity index is 324. The normalized spacial score (nSPS) is 41.5. The molecule has 3 unspecified atom stereocenters.